The van der Waals surface area contributed by atoms with Gasteiger partial charge >= 0.3 is 0 Å². The summed E-state index contributed by atoms with van der Waals surface area (Å²) in [6.45, 7) is 3.35. The van der Waals surface area contributed by atoms with Crippen molar-refractivity contribution in [3.63, 3.8) is 0 Å². The van der Waals surface area contributed by atoms with E-state index < -0.39 is 0 Å². The number of carbonyl (C=O) groups excluding carboxylic acids is 2. The summed E-state index contributed by atoms with van der Waals surface area (Å²) < 4.78 is 0. The second kappa shape index (κ2) is 8.14. The van der Waals surface area contributed by atoms with Crippen LogP contribution in [0.3, 0.4) is 0 Å². The van der Waals surface area contributed by atoms with Crippen molar-refractivity contribution in [3.05, 3.63) is 35.6 Å². The molecule has 1 N–H and O–H groups in total. The minimum Gasteiger partial charge on any atom is -0.340 e. The molecule has 2 aromatic rings. The SMILES string of the molecule is O=C(Cc1csc(-c2cccnc2)n1)N1CCCC(N2CCNCC2=O)C1. The Morgan fingerprint density at radius 2 is 2.30 bits per heavy atom. The number of amides is 2. The average Bonchev–Trinajstić information content (AvgIpc) is 3.17. The van der Waals surface area contributed by atoms with Crippen LogP contribution < -0.4 is 5.32 Å². The van der Waals surface area contributed by atoms with E-state index in [1.807, 2.05) is 27.3 Å². The average molecular weight is 385 g/mol. The minimum absolute atomic E-state index is 0.0883. The summed E-state index contributed by atoms with van der Waals surface area (Å²) in [7, 11) is 0. The molecule has 2 amide bonds. The van der Waals surface area contributed by atoms with Crippen molar-refractivity contribution >= 4 is 23.2 Å². The van der Waals surface area contributed by atoms with E-state index in [1.54, 1.807) is 12.4 Å². The molecule has 1 atom stereocenters. The van der Waals surface area contributed by atoms with E-state index in [2.05, 4.69) is 15.3 Å². The third-order valence-electron chi connectivity index (χ3n) is 5.11. The number of piperazine rings is 1. The van der Waals surface area contributed by atoms with Crippen molar-refractivity contribution in [3.8, 4) is 10.6 Å². The van der Waals surface area contributed by atoms with Crippen LogP contribution >= 0.6 is 11.3 Å². The maximum absolute atomic E-state index is 12.8. The van der Waals surface area contributed by atoms with E-state index in [4.69, 9.17) is 0 Å². The third-order valence-corrected chi connectivity index (χ3v) is 6.05. The minimum atomic E-state index is 0.0883. The molecule has 0 radical (unpaired) electrons. The number of likely N-dealkylation sites (tertiary alicyclic amines) is 1. The number of piperidine rings is 1. The van der Waals surface area contributed by atoms with Crippen LogP contribution in [0.1, 0.15) is 18.5 Å². The molecule has 2 fully saturated rings. The molecule has 0 saturated carbocycles. The summed E-state index contributed by atoms with van der Waals surface area (Å²) in [5, 5.41) is 5.93. The van der Waals surface area contributed by atoms with Gasteiger partial charge in [0, 0.05) is 55.6 Å². The van der Waals surface area contributed by atoms with Crippen LogP contribution in [0.15, 0.2) is 29.9 Å². The first-order valence-electron chi connectivity index (χ1n) is 9.33. The maximum atomic E-state index is 12.8. The molecule has 0 aromatic carbocycles. The van der Waals surface area contributed by atoms with Crippen molar-refractivity contribution in [1.29, 1.82) is 0 Å². The fraction of sp³-hybridized carbons (Fsp3) is 0.474. The number of nitrogens with one attached hydrogen (secondary N) is 1. The van der Waals surface area contributed by atoms with Crippen LogP contribution in [0.2, 0.25) is 0 Å². The van der Waals surface area contributed by atoms with Crippen LogP contribution in [-0.2, 0) is 16.0 Å². The number of rotatable bonds is 4. The van der Waals surface area contributed by atoms with Gasteiger partial charge in [0.05, 0.1) is 18.7 Å². The lowest BCUT2D eigenvalue weighted by Gasteiger charge is -2.41. The highest BCUT2D eigenvalue weighted by Crippen LogP contribution is 2.24. The summed E-state index contributed by atoms with van der Waals surface area (Å²) in [5.74, 6) is 0.228. The van der Waals surface area contributed by atoms with E-state index in [0.29, 0.717) is 19.5 Å². The highest BCUT2D eigenvalue weighted by Gasteiger charge is 2.31. The zero-order valence-electron chi connectivity index (χ0n) is 15.1. The monoisotopic (exact) mass is 385 g/mol. The molecule has 142 valence electrons. The van der Waals surface area contributed by atoms with E-state index in [9.17, 15) is 9.59 Å². The lowest BCUT2D eigenvalue weighted by atomic mass is 10.0. The Morgan fingerprint density at radius 3 is 3.11 bits per heavy atom. The van der Waals surface area contributed by atoms with Crippen LogP contribution in [0, 0.1) is 0 Å². The van der Waals surface area contributed by atoms with Crippen LogP contribution in [-0.4, -0.2) is 70.3 Å². The zero-order valence-corrected chi connectivity index (χ0v) is 16.0. The lowest BCUT2D eigenvalue weighted by Crippen LogP contribution is -2.57. The van der Waals surface area contributed by atoms with Crippen molar-refractivity contribution in [2.45, 2.75) is 25.3 Å². The third kappa shape index (κ3) is 4.17. The van der Waals surface area contributed by atoms with Gasteiger partial charge < -0.3 is 15.1 Å². The number of thiazole rings is 1. The Hall–Kier alpha value is -2.32. The predicted molar refractivity (Wildman–Crippen MR) is 103 cm³/mol. The number of hydrogen-bond acceptors (Lipinski definition) is 6. The van der Waals surface area contributed by atoms with Crippen LogP contribution in [0.4, 0.5) is 0 Å². The topological polar surface area (TPSA) is 78.4 Å². The standard InChI is InChI=1S/C19H23N5O2S/c25-17(9-15-13-27-19(22-15)14-3-1-5-20-10-14)23-7-2-4-16(12-23)24-8-6-21-11-18(24)26/h1,3,5,10,13,16,21H,2,4,6-9,11-12H2. The quantitative estimate of drug-likeness (QED) is 0.855. The van der Waals surface area contributed by atoms with E-state index in [1.165, 1.54) is 11.3 Å². The predicted octanol–water partition coefficient (Wildman–Crippen LogP) is 1.17. The number of hydrogen-bond donors (Lipinski definition) is 1. The highest BCUT2D eigenvalue weighted by molar-refractivity contribution is 7.13. The van der Waals surface area contributed by atoms with Gasteiger partial charge in [-0.3, -0.25) is 14.6 Å². The molecule has 0 bridgehead atoms. The van der Waals surface area contributed by atoms with Gasteiger partial charge in [-0.25, -0.2) is 4.98 Å². The molecule has 0 aliphatic carbocycles. The molecule has 4 heterocycles. The molecule has 2 aliphatic rings. The Labute approximate surface area is 162 Å². The van der Waals surface area contributed by atoms with Crippen molar-refractivity contribution < 1.29 is 9.59 Å². The van der Waals surface area contributed by atoms with E-state index in [0.717, 1.165) is 48.7 Å². The smallest absolute Gasteiger partial charge is 0.236 e. The van der Waals surface area contributed by atoms with Crippen LogP contribution in [0.5, 0.6) is 0 Å². The number of nitrogens with zero attached hydrogens (tertiary/aromatic N) is 4. The molecule has 1 unspecified atom stereocenters. The van der Waals surface area contributed by atoms with Gasteiger partial charge in [-0.2, -0.15) is 0 Å². The van der Waals surface area contributed by atoms with Crippen molar-refractivity contribution in [2.24, 2.45) is 0 Å². The Morgan fingerprint density at radius 1 is 1.37 bits per heavy atom. The number of aromatic nitrogens is 2. The molecule has 4 rings (SSSR count). The number of pyridine rings is 1. The summed E-state index contributed by atoms with van der Waals surface area (Å²) in [5.41, 5.74) is 1.76. The maximum Gasteiger partial charge on any atom is 0.236 e. The first kappa shape index (κ1) is 18.1. The van der Waals surface area contributed by atoms with E-state index >= 15 is 0 Å². The van der Waals surface area contributed by atoms with Gasteiger partial charge in [0.15, 0.2) is 0 Å². The molecule has 2 aromatic heterocycles. The molecule has 0 spiro atoms. The summed E-state index contributed by atoms with van der Waals surface area (Å²) >= 11 is 1.53. The van der Waals surface area contributed by atoms with Gasteiger partial charge in [-0.15, -0.1) is 11.3 Å². The molecule has 7 nitrogen and oxygen atoms in total. The largest absolute Gasteiger partial charge is 0.340 e. The zero-order chi connectivity index (χ0) is 18.6. The first-order valence-corrected chi connectivity index (χ1v) is 10.2. The molecule has 2 aliphatic heterocycles. The second-order valence-electron chi connectivity index (χ2n) is 6.96. The normalized spacial score (nSPS) is 20.7. The van der Waals surface area contributed by atoms with Crippen molar-refractivity contribution in [1.82, 2.24) is 25.1 Å². The molecule has 27 heavy (non-hydrogen) atoms. The molecule has 8 heteroatoms. The van der Waals surface area contributed by atoms with Crippen LogP contribution in [0.25, 0.3) is 10.6 Å². The van der Waals surface area contributed by atoms with Crippen molar-refractivity contribution in [2.75, 3.05) is 32.7 Å². The summed E-state index contributed by atoms with van der Waals surface area (Å²) in [6.07, 6.45) is 5.73. The van der Waals surface area contributed by atoms with Gasteiger partial charge in [0.25, 0.3) is 0 Å². The molecular weight excluding hydrogens is 362 g/mol. The summed E-state index contributed by atoms with van der Waals surface area (Å²) in [4.78, 5) is 37.5. The highest BCUT2D eigenvalue weighted by atomic mass is 32.1. The van der Waals surface area contributed by atoms with Gasteiger partial charge in [-0.05, 0) is 25.0 Å². The molecule has 2 saturated heterocycles. The first-order chi connectivity index (χ1) is 13.2. The van der Waals surface area contributed by atoms with Gasteiger partial charge in [-0.1, -0.05) is 0 Å². The fourth-order valence-electron chi connectivity index (χ4n) is 3.72. The fourth-order valence-corrected chi connectivity index (χ4v) is 4.53. The number of carbonyl (C=O) groups is 2. The van der Waals surface area contributed by atoms with E-state index in [-0.39, 0.29) is 17.9 Å². The van der Waals surface area contributed by atoms with Gasteiger partial charge in [0.2, 0.25) is 11.8 Å². The Bertz CT molecular complexity index is 809. The van der Waals surface area contributed by atoms with Gasteiger partial charge in [0.1, 0.15) is 5.01 Å². The summed E-state index contributed by atoms with van der Waals surface area (Å²) in [6, 6.07) is 3.99. The molecular formula is C19H23N5O2S. The Kier molecular flexibility index (Phi) is 5.45. The second-order valence-corrected chi connectivity index (χ2v) is 7.82. The lowest BCUT2D eigenvalue weighted by molar-refractivity contribution is -0.140. The Balaban J connectivity index is 1.38.